The van der Waals surface area contributed by atoms with Crippen molar-refractivity contribution in [3.05, 3.63) is 120 Å². The molecular formula is C34H30O2S2. The summed E-state index contributed by atoms with van der Waals surface area (Å²) in [4.78, 5) is 29.3. The lowest BCUT2D eigenvalue weighted by molar-refractivity contribution is 0.0897. The fourth-order valence-corrected chi connectivity index (χ4v) is 9.98. The predicted molar refractivity (Wildman–Crippen MR) is 156 cm³/mol. The highest BCUT2D eigenvalue weighted by molar-refractivity contribution is 8.00. The zero-order valence-electron chi connectivity index (χ0n) is 21.1. The standard InChI is InChI=1S/C34H30O2S2/c35-31(21-7-3-1-4-8-21)29-23-11-13-25(19-23)33(29)37-27-15-17-28(18-16-27)38-34-26-14-12-24(20-26)30(34)32(36)22-9-5-2-6-10-22/h1-18,23-26,29-30,33-34H,19-20H2/t23-,24-,25+,26+,29+,30+,33-,34-/m0/s1. The van der Waals surface area contributed by atoms with Gasteiger partial charge >= 0.3 is 0 Å². The molecule has 0 aliphatic heterocycles. The fourth-order valence-electron chi connectivity index (χ4n) is 7.06. The first kappa shape index (κ1) is 24.2. The Morgan fingerprint density at radius 3 is 1.26 bits per heavy atom. The molecule has 0 heterocycles. The van der Waals surface area contributed by atoms with Crippen molar-refractivity contribution in [3.63, 3.8) is 0 Å². The molecule has 2 saturated carbocycles. The number of ketones is 2. The van der Waals surface area contributed by atoms with Gasteiger partial charge in [-0.15, -0.1) is 23.5 Å². The third-order valence-electron chi connectivity index (χ3n) is 8.86. The van der Waals surface area contributed by atoms with Crippen LogP contribution in [0.3, 0.4) is 0 Å². The van der Waals surface area contributed by atoms with E-state index in [1.54, 1.807) is 0 Å². The first-order chi connectivity index (χ1) is 18.7. The molecule has 0 aromatic heterocycles. The summed E-state index contributed by atoms with van der Waals surface area (Å²) in [5.41, 5.74) is 1.66. The second-order valence-corrected chi connectivity index (χ2v) is 13.5. The van der Waals surface area contributed by atoms with Crippen molar-refractivity contribution in [2.75, 3.05) is 0 Å². The highest BCUT2D eigenvalue weighted by Gasteiger charge is 2.49. The number of hydrogen-bond acceptors (Lipinski definition) is 4. The van der Waals surface area contributed by atoms with E-state index in [0.717, 1.165) is 24.0 Å². The van der Waals surface area contributed by atoms with Crippen LogP contribution >= 0.6 is 23.5 Å². The Morgan fingerprint density at radius 2 is 0.868 bits per heavy atom. The molecule has 0 unspecified atom stereocenters. The molecule has 8 atom stereocenters. The summed E-state index contributed by atoms with van der Waals surface area (Å²) in [6.45, 7) is 0. The predicted octanol–water partition coefficient (Wildman–Crippen LogP) is 8.02. The van der Waals surface area contributed by atoms with Crippen LogP contribution in [-0.2, 0) is 0 Å². The van der Waals surface area contributed by atoms with E-state index < -0.39 is 0 Å². The molecule has 4 aliphatic rings. The average molecular weight is 535 g/mol. The van der Waals surface area contributed by atoms with Gasteiger partial charge in [-0.1, -0.05) is 85.0 Å². The van der Waals surface area contributed by atoms with Crippen LogP contribution in [0.15, 0.2) is 119 Å². The normalized spacial score (nSPS) is 32.2. The van der Waals surface area contributed by atoms with Crippen LogP contribution in [0.1, 0.15) is 33.6 Å². The number of rotatable bonds is 8. The van der Waals surface area contributed by atoms with E-state index in [4.69, 9.17) is 0 Å². The Balaban J connectivity index is 1.06. The van der Waals surface area contributed by atoms with Gasteiger partial charge < -0.3 is 0 Å². The molecule has 4 bridgehead atoms. The van der Waals surface area contributed by atoms with Gasteiger partial charge in [-0.2, -0.15) is 0 Å². The quantitative estimate of drug-likeness (QED) is 0.216. The van der Waals surface area contributed by atoms with Gasteiger partial charge in [0, 0.05) is 43.3 Å². The molecule has 2 fully saturated rings. The largest absolute Gasteiger partial charge is 0.294 e. The van der Waals surface area contributed by atoms with Crippen molar-refractivity contribution in [2.45, 2.75) is 33.1 Å². The average Bonchev–Trinajstić information content (AvgIpc) is 3.76. The van der Waals surface area contributed by atoms with E-state index in [0.29, 0.717) is 23.7 Å². The maximum Gasteiger partial charge on any atom is 0.167 e. The van der Waals surface area contributed by atoms with Crippen molar-refractivity contribution in [2.24, 2.45) is 35.5 Å². The smallest absolute Gasteiger partial charge is 0.167 e. The van der Waals surface area contributed by atoms with E-state index >= 15 is 0 Å². The summed E-state index contributed by atoms with van der Waals surface area (Å²) >= 11 is 3.73. The monoisotopic (exact) mass is 534 g/mol. The summed E-state index contributed by atoms with van der Waals surface area (Å²) in [5.74, 6) is 2.27. The maximum absolute atomic E-state index is 13.5. The molecule has 3 aromatic rings. The molecule has 0 N–H and O–H groups in total. The minimum atomic E-state index is 0.0389. The van der Waals surface area contributed by atoms with Crippen LogP contribution in [-0.4, -0.2) is 22.1 Å². The van der Waals surface area contributed by atoms with Gasteiger partial charge in [0.2, 0.25) is 0 Å². The van der Waals surface area contributed by atoms with Crippen molar-refractivity contribution in [1.29, 1.82) is 0 Å². The van der Waals surface area contributed by atoms with E-state index in [1.807, 2.05) is 84.2 Å². The number of hydrogen-bond donors (Lipinski definition) is 0. The van der Waals surface area contributed by atoms with Gasteiger partial charge in [0.25, 0.3) is 0 Å². The highest BCUT2D eigenvalue weighted by atomic mass is 32.2. The minimum absolute atomic E-state index is 0.0389. The van der Waals surface area contributed by atoms with Crippen LogP contribution in [0.25, 0.3) is 0 Å². The molecule has 4 aliphatic carbocycles. The van der Waals surface area contributed by atoms with Gasteiger partial charge in [0.1, 0.15) is 0 Å². The molecule has 0 amide bonds. The fraction of sp³-hybridized carbons (Fsp3) is 0.294. The molecule has 190 valence electrons. The third-order valence-corrected chi connectivity index (χ3v) is 11.8. The maximum atomic E-state index is 13.5. The SMILES string of the molecule is O=C(c1ccccc1)[C@@H]1[C@@H](Sc2ccc(S[C@@H]3[C@@H](C(=O)c4ccccc4)[C@H]4C=C[C@@H]3C4)cc2)[C@@H]2C=C[C@H]1C2. The van der Waals surface area contributed by atoms with Crippen molar-refractivity contribution in [3.8, 4) is 0 Å². The van der Waals surface area contributed by atoms with E-state index in [9.17, 15) is 9.59 Å². The Hall–Kier alpha value is -2.82. The topological polar surface area (TPSA) is 34.1 Å². The van der Waals surface area contributed by atoms with Crippen LogP contribution in [0, 0.1) is 35.5 Å². The molecule has 38 heavy (non-hydrogen) atoms. The lowest BCUT2D eigenvalue weighted by Gasteiger charge is -2.27. The van der Waals surface area contributed by atoms with Gasteiger partial charge in [-0.3, -0.25) is 9.59 Å². The number of thioether (sulfide) groups is 2. The number of fused-ring (bicyclic) bond motifs is 4. The molecular weight excluding hydrogens is 505 g/mol. The van der Waals surface area contributed by atoms with Gasteiger partial charge in [-0.25, -0.2) is 0 Å². The molecule has 0 radical (unpaired) electrons. The van der Waals surface area contributed by atoms with Crippen molar-refractivity contribution in [1.82, 2.24) is 0 Å². The summed E-state index contributed by atoms with van der Waals surface area (Å²) in [6, 6.07) is 28.4. The zero-order valence-corrected chi connectivity index (χ0v) is 22.7. The molecule has 3 aromatic carbocycles. The van der Waals surface area contributed by atoms with Gasteiger partial charge in [0.05, 0.1) is 0 Å². The second-order valence-electron chi connectivity index (χ2n) is 11.0. The van der Waals surface area contributed by atoms with Crippen molar-refractivity contribution < 1.29 is 9.59 Å². The number of Topliss-reactive ketones (excluding diaryl/α,β-unsaturated/α-hetero) is 2. The molecule has 7 rings (SSSR count). The number of carbonyl (C=O) groups is 2. The second kappa shape index (κ2) is 10.1. The van der Waals surface area contributed by atoms with Crippen LogP contribution in [0.4, 0.5) is 0 Å². The molecule has 0 saturated heterocycles. The summed E-state index contributed by atoms with van der Waals surface area (Å²) in [5, 5.41) is 0.555. The Morgan fingerprint density at radius 1 is 0.500 bits per heavy atom. The lowest BCUT2D eigenvalue weighted by Crippen LogP contribution is -2.30. The zero-order chi connectivity index (χ0) is 25.6. The van der Waals surface area contributed by atoms with Gasteiger partial charge in [0.15, 0.2) is 11.6 Å². The lowest BCUT2D eigenvalue weighted by atomic mass is 9.86. The summed E-state index contributed by atoms with van der Waals surface area (Å²) in [6.07, 6.45) is 11.4. The highest BCUT2D eigenvalue weighted by Crippen LogP contribution is 2.54. The number of carbonyl (C=O) groups excluding carboxylic acids is 2. The van der Waals surface area contributed by atoms with E-state index in [1.165, 1.54) is 9.79 Å². The van der Waals surface area contributed by atoms with Gasteiger partial charge in [-0.05, 0) is 60.8 Å². The Kier molecular flexibility index (Phi) is 6.41. The van der Waals surface area contributed by atoms with E-state index in [2.05, 4.69) is 48.6 Å². The molecule has 4 heteroatoms. The first-order valence-corrected chi connectivity index (χ1v) is 15.4. The van der Waals surface area contributed by atoms with E-state index in [-0.39, 0.29) is 33.9 Å². The summed E-state index contributed by atoms with van der Waals surface area (Å²) in [7, 11) is 0. The Bertz CT molecular complexity index is 1290. The van der Waals surface area contributed by atoms with Crippen LogP contribution < -0.4 is 0 Å². The summed E-state index contributed by atoms with van der Waals surface area (Å²) < 4.78 is 0. The molecule has 2 nitrogen and oxygen atoms in total. The minimum Gasteiger partial charge on any atom is -0.294 e. The first-order valence-electron chi connectivity index (χ1n) is 13.6. The third kappa shape index (κ3) is 4.32. The van der Waals surface area contributed by atoms with Crippen LogP contribution in [0.5, 0.6) is 0 Å². The number of allylic oxidation sites excluding steroid dienone is 4. The number of benzene rings is 3. The molecule has 0 spiro atoms. The van der Waals surface area contributed by atoms with Crippen LogP contribution in [0.2, 0.25) is 0 Å². The Labute approximate surface area is 233 Å². The van der Waals surface area contributed by atoms with Crippen molar-refractivity contribution >= 4 is 35.1 Å².